The highest BCUT2D eigenvalue weighted by Crippen LogP contribution is 2.23. The van der Waals surface area contributed by atoms with E-state index in [4.69, 9.17) is 5.73 Å². The molecule has 0 aliphatic heterocycles. The normalized spacial score (nSPS) is 13.9. The van der Waals surface area contributed by atoms with Gasteiger partial charge in [0.15, 0.2) is 9.84 Å². The monoisotopic (exact) mass is 235 g/mol. The summed E-state index contributed by atoms with van der Waals surface area (Å²) in [7, 11) is -3.78. The number of hydrogen-bond donors (Lipinski definition) is 1. The fraction of sp³-hybridized carbons (Fsp3) is 0.333. The zero-order valence-electron chi connectivity index (χ0n) is 8.29. The Morgan fingerprint density at radius 1 is 1.33 bits per heavy atom. The lowest BCUT2D eigenvalue weighted by atomic mass is 10.1. The van der Waals surface area contributed by atoms with E-state index < -0.39 is 32.4 Å². The number of halogens is 2. The third-order valence-electron chi connectivity index (χ3n) is 1.92. The third-order valence-corrected chi connectivity index (χ3v) is 3.02. The first-order valence-corrected chi connectivity index (χ1v) is 6.07. The van der Waals surface area contributed by atoms with E-state index in [1.54, 1.807) is 0 Å². The summed E-state index contributed by atoms with van der Waals surface area (Å²) in [5.41, 5.74) is 5.25. The standard InChI is InChI=1S/C9H11F2NO2S/c1-5(12)7-3-6(10)4-8(9(7)11)15(2,13)14/h3-5H,12H2,1-2H3. The van der Waals surface area contributed by atoms with Crippen molar-refractivity contribution >= 4 is 9.84 Å². The van der Waals surface area contributed by atoms with Crippen molar-refractivity contribution < 1.29 is 17.2 Å². The van der Waals surface area contributed by atoms with Crippen LogP contribution in [-0.2, 0) is 9.84 Å². The summed E-state index contributed by atoms with van der Waals surface area (Å²) in [6.07, 6.45) is 0.815. The quantitative estimate of drug-likeness (QED) is 0.842. The minimum Gasteiger partial charge on any atom is -0.324 e. The Morgan fingerprint density at radius 3 is 2.27 bits per heavy atom. The average Bonchev–Trinajstić information content (AvgIpc) is 2.06. The highest BCUT2D eigenvalue weighted by atomic mass is 32.2. The molecule has 1 rings (SSSR count). The molecule has 15 heavy (non-hydrogen) atoms. The highest BCUT2D eigenvalue weighted by molar-refractivity contribution is 7.90. The summed E-state index contributed by atoms with van der Waals surface area (Å²) in [4.78, 5) is -0.658. The van der Waals surface area contributed by atoms with Crippen molar-refractivity contribution in [3.8, 4) is 0 Å². The molecule has 1 aromatic rings. The third kappa shape index (κ3) is 2.51. The Hall–Kier alpha value is -1.01. The minimum absolute atomic E-state index is 0.143. The van der Waals surface area contributed by atoms with Crippen LogP contribution in [0.2, 0.25) is 0 Å². The molecule has 0 saturated carbocycles. The van der Waals surface area contributed by atoms with E-state index >= 15 is 0 Å². The van der Waals surface area contributed by atoms with E-state index in [1.165, 1.54) is 6.92 Å². The van der Waals surface area contributed by atoms with Gasteiger partial charge in [-0.2, -0.15) is 0 Å². The molecule has 1 aromatic carbocycles. The molecule has 2 N–H and O–H groups in total. The lowest BCUT2D eigenvalue weighted by molar-refractivity contribution is 0.534. The molecule has 84 valence electrons. The van der Waals surface area contributed by atoms with E-state index in [-0.39, 0.29) is 5.56 Å². The molecule has 0 radical (unpaired) electrons. The molecule has 3 nitrogen and oxygen atoms in total. The molecular formula is C9H11F2NO2S. The number of sulfone groups is 1. The summed E-state index contributed by atoms with van der Waals surface area (Å²) in [5.74, 6) is -1.79. The van der Waals surface area contributed by atoms with E-state index in [9.17, 15) is 17.2 Å². The average molecular weight is 235 g/mol. The Bertz CT molecular complexity index is 483. The molecule has 0 bridgehead atoms. The summed E-state index contributed by atoms with van der Waals surface area (Å²) >= 11 is 0. The highest BCUT2D eigenvalue weighted by Gasteiger charge is 2.20. The van der Waals surface area contributed by atoms with Gasteiger partial charge in [-0.25, -0.2) is 17.2 Å². The summed E-state index contributed by atoms with van der Waals surface area (Å²) in [6.45, 7) is 1.45. The summed E-state index contributed by atoms with van der Waals surface area (Å²) in [6, 6.07) is 0.784. The summed E-state index contributed by atoms with van der Waals surface area (Å²) in [5, 5.41) is 0. The molecule has 0 saturated heterocycles. The second-order valence-electron chi connectivity index (χ2n) is 3.37. The van der Waals surface area contributed by atoms with E-state index in [1.807, 2.05) is 0 Å². The van der Waals surface area contributed by atoms with Crippen LogP contribution >= 0.6 is 0 Å². The number of rotatable bonds is 2. The molecule has 0 aliphatic carbocycles. The van der Waals surface area contributed by atoms with Gasteiger partial charge in [0.25, 0.3) is 0 Å². The molecular weight excluding hydrogens is 224 g/mol. The SMILES string of the molecule is CC(N)c1cc(F)cc(S(C)(=O)=O)c1F. The predicted octanol–water partition coefficient (Wildman–Crippen LogP) is 1.39. The van der Waals surface area contributed by atoms with Crippen LogP contribution in [0.15, 0.2) is 17.0 Å². The van der Waals surface area contributed by atoms with E-state index in [2.05, 4.69) is 0 Å². The van der Waals surface area contributed by atoms with Gasteiger partial charge in [-0.1, -0.05) is 0 Å². The molecule has 1 atom stereocenters. The van der Waals surface area contributed by atoms with Gasteiger partial charge in [-0.15, -0.1) is 0 Å². The smallest absolute Gasteiger partial charge is 0.178 e. The van der Waals surface area contributed by atoms with Gasteiger partial charge >= 0.3 is 0 Å². The van der Waals surface area contributed by atoms with Crippen molar-refractivity contribution in [3.63, 3.8) is 0 Å². The van der Waals surface area contributed by atoms with Gasteiger partial charge in [0.05, 0.1) is 0 Å². The summed E-state index contributed by atoms with van der Waals surface area (Å²) < 4.78 is 48.9. The lowest BCUT2D eigenvalue weighted by Crippen LogP contribution is -2.12. The van der Waals surface area contributed by atoms with Gasteiger partial charge in [-0.05, 0) is 19.1 Å². The van der Waals surface area contributed by atoms with Crippen molar-refractivity contribution in [2.24, 2.45) is 5.73 Å². The van der Waals surface area contributed by atoms with Crippen LogP contribution in [0, 0.1) is 11.6 Å². The first-order valence-electron chi connectivity index (χ1n) is 4.18. The Kier molecular flexibility index (Phi) is 3.11. The van der Waals surface area contributed by atoms with Crippen molar-refractivity contribution in [2.45, 2.75) is 17.9 Å². The molecule has 0 amide bonds. The number of nitrogens with two attached hydrogens (primary N) is 1. The number of hydrogen-bond acceptors (Lipinski definition) is 3. The Labute approximate surface area is 86.8 Å². The molecule has 0 spiro atoms. The van der Waals surface area contributed by atoms with Crippen LogP contribution < -0.4 is 5.73 Å². The van der Waals surface area contributed by atoms with Gasteiger partial charge < -0.3 is 5.73 Å². The fourth-order valence-corrected chi connectivity index (χ4v) is 1.96. The Balaban J connectivity index is 3.56. The zero-order chi connectivity index (χ0) is 11.8. The van der Waals surface area contributed by atoms with Crippen molar-refractivity contribution in [3.05, 3.63) is 29.3 Å². The molecule has 0 aromatic heterocycles. The molecule has 0 aliphatic rings. The molecule has 0 fully saturated rings. The van der Waals surface area contributed by atoms with Crippen LogP contribution in [0.5, 0.6) is 0 Å². The molecule has 0 heterocycles. The predicted molar refractivity (Wildman–Crippen MR) is 52.1 cm³/mol. The van der Waals surface area contributed by atoms with Crippen molar-refractivity contribution in [1.82, 2.24) is 0 Å². The fourth-order valence-electron chi connectivity index (χ4n) is 1.19. The second-order valence-corrected chi connectivity index (χ2v) is 5.35. The number of benzene rings is 1. The maximum Gasteiger partial charge on any atom is 0.178 e. The van der Waals surface area contributed by atoms with E-state index in [0.29, 0.717) is 6.07 Å². The molecule has 6 heteroatoms. The first-order chi connectivity index (χ1) is 6.73. The van der Waals surface area contributed by atoms with Crippen LogP contribution in [0.1, 0.15) is 18.5 Å². The topological polar surface area (TPSA) is 60.2 Å². The first kappa shape index (κ1) is 12.1. The maximum atomic E-state index is 13.6. The van der Waals surface area contributed by atoms with Gasteiger partial charge in [-0.3, -0.25) is 0 Å². The van der Waals surface area contributed by atoms with Crippen LogP contribution in [0.25, 0.3) is 0 Å². The zero-order valence-corrected chi connectivity index (χ0v) is 9.11. The van der Waals surface area contributed by atoms with Crippen LogP contribution in [0.3, 0.4) is 0 Å². The Morgan fingerprint density at radius 2 is 1.87 bits per heavy atom. The van der Waals surface area contributed by atoms with Gasteiger partial charge in [0, 0.05) is 17.9 Å². The van der Waals surface area contributed by atoms with Crippen LogP contribution in [-0.4, -0.2) is 14.7 Å². The molecule has 1 unspecified atom stereocenters. The maximum absolute atomic E-state index is 13.6. The van der Waals surface area contributed by atoms with Crippen LogP contribution in [0.4, 0.5) is 8.78 Å². The van der Waals surface area contributed by atoms with Gasteiger partial charge in [0.1, 0.15) is 16.5 Å². The van der Waals surface area contributed by atoms with Crippen molar-refractivity contribution in [2.75, 3.05) is 6.26 Å². The van der Waals surface area contributed by atoms with E-state index in [0.717, 1.165) is 12.3 Å². The van der Waals surface area contributed by atoms with Crippen molar-refractivity contribution in [1.29, 1.82) is 0 Å². The lowest BCUT2D eigenvalue weighted by Gasteiger charge is -2.10. The largest absolute Gasteiger partial charge is 0.324 e. The van der Waals surface area contributed by atoms with Gasteiger partial charge in [0.2, 0.25) is 0 Å². The second kappa shape index (κ2) is 3.86. The minimum atomic E-state index is -3.78.